The number of carbonyl (C=O) groups is 1. The van der Waals surface area contributed by atoms with Crippen molar-refractivity contribution in [1.82, 2.24) is 19.7 Å². The lowest BCUT2D eigenvalue weighted by molar-refractivity contribution is -0.226. The summed E-state index contributed by atoms with van der Waals surface area (Å²) in [6.07, 6.45) is 8.26. The van der Waals surface area contributed by atoms with Crippen molar-refractivity contribution in [1.29, 1.82) is 0 Å². The zero-order valence-electron chi connectivity index (χ0n) is 20.5. The molecule has 0 fully saturated rings. The molecule has 0 spiro atoms. The van der Waals surface area contributed by atoms with Gasteiger partial charge in [0.15, 0.2) is 0 Å². The Kier molecular flexibility index (Phi) is 8.90. The van der Waals surface area contributed by atoms with Crippen LogP contribution in [-0.2, 0) is 28.2 Å². The highest BCUT2D eigenvalue weighted by atomic mass is 16.7. The van der Waals surface area contributed by atoms with Crippen molar-refractivity contribution in [3.63, 3.8) is 0 Å². The number of hydrogen-bond acceptors (Lipinski definition) is 6. The van der Waals surface area contributed by atoms with Crippen LogP contribution in [0.25, 0.3) is 11.1 Å². The summed E-state index contributed by atoms with van der Waals surface area (Å²) in [6.45, 7) is 5.05. The maximum atomic E-state index is 11.5. The number of carboxylic acid groups (broad SMARTS) is 1. The standard InChI is InChI=1S/C26H34N4O4/c1-5-7-14-26(33-3,34-4)25-28-23(30(29-25)16-8-6-2)17-19-9-11-20(12-10-19)21-13-15-27-18-22(21)24(31)32/h9-13,15,18H,5-8,14,16-17H2,1-4H3,(H,31,32). The van der Waals surface area contributed by atoms with E-state index in [-0.39, 0.29) is 5.56 Å². The van der Waals surface area contributed by atoms with Crippen molar-refractivity contribution >= 4 is 5.97 Å². The Morgan fingerprint density at radius 2 is 1.76 bits per heavy atom. The van der Waals surface area contributed by atoms with Crippen LogP contribution in [0.5, 0.6) is 0 Å². The third kappa shape index (κ3) is 5.69. The normalized spacial score (nSPS) is 11.6. The summed E-state index contributed by atoms with van der Waals surface area (Å²) < 4.78 is 13.5. The minimum atomic E-state index is -0.994. The number of unbranched alkanes of at least 4 members (excludes halogenated alkanes) is 2. The van der Waals surface area contributed by atoms with Crippen LogP contribution >= 0.6 is 0 Å². The second-order valence-electron chi connectivity index (χ2n) is 8.29. The Morgan fingerprint density at radius 1 is 1.06 bits per heavy atom. The first-order chi connectivity index (χ1) is 16.5. The summed E-state index contributed by atoms with van der Waals surface area (Å²) in [5, 5.41) is 14.3. The Balaban J connectivity index is 1.90. The number of carboxylic acids is 1. The van der Waals surface area contributed by atoms with Crippen molar-refractivity contribution in [2.45, 2.75) is 64.7 Å². The van der Waals surface area contributed by atoms with Gasteiger partial charge in [-0.1, -0.05) is 51.0 Å². The molecule has 3 rings (SSSR count). The predicted molar refractivity (Wildman–Crippen MR) is 130 cm³/mol. The SMILES string of the molecule is CCCCn1nc(C(CCCC)(OC)OC)nc1Cc1ccc(-c2ccncc2C(=O)O)cc1. The van der Waals surface area contributed by atoms with Crippen molar-refractivity contribution in [3.8, 4) is 11.1 Å². The van der Waals surface area contributed by atoms with Gasteiger partial charge in [-0.25, -0.2) is 14.5 Å². The molecule has 0 radical (unpaired) electrons. The summed E-state index contributed by atoms with van der Waals surface area (Å²) >= 11 is 0. The molecule has 1 aromatic carbocycles. The second kappa shape index (κ2) is 11.9. The predicted octanol–water partition coefficient (Wildman–Crippen LogP) is 5.07. The molecule has 0 amide bonds. The first-order valence-electron chi connectivity index (χ1n) is 11.8. The van der Waals surface area contributed by atoms with E-state index in [9.17, 15) is 9.90 Å². The second-order valence-corrected chi connectivity index (χ2v) is 8.29. The molecule has 0 atom stereocenters. The average molecular weight is 467 g/mol. The maximum absolute atomic E-state index is 11.5. The van der Waals surface area contributed by atoms with Crippen molar-refractivity contribution in [3.05, 3.63) is 65.5 Å². The molecule has 0 saturated carbocycles. The van der Waals surface area contributed by atoms with Crippen LogP contribution in [0.4, 0.5) is 0 Å². The van der Waals surface area contributed by atoms with E-state index >= 15 is 0 Å². The van der Waals surface area contributed by atoms with Crippen molar-refractivity contribution in [2.24, 2.45) is 0 Å². The van der Waals surface area contributed by atoms with Gasteiger partial charge in [0, 0.05) is 46.0 Å². The summed E-state index contributed by atoms with van der Waals surface area (Å²) in [5.41, 5.74) is 2.71. The quantitative estimate of drug-likeness (QED) is 0.351. The van der Waals surface area contributed by atoms with Gasteiger partial charge < -0.3 is 14.6 Å². The Labute approximate surface area is 201 Å². The van der Waals surface area contributed by atoms with Gasteiger partial charge in [-0.15, -0.1) is 0 Å². The fourth-order valence-corrected chi connectivity index (χ4v) is 3.95. The summed E-state index contributed by atoms with van der Waals surface area (Å²) in [5.74, 6) is -0.551. The fraction of sp³-hybridized carbons (Fsp3) is 0.462. The van der Waals surface area contributed by atoms with E-state index in [0.717, 1.165) is 49.2 Å². The molecule has 0 aliphatic rings. The number of aromatic nitrogens is 4. The minimum absolute atomic E-state index is 0.182. The maximum Gasteiger partial charge on any atom is 0.337 e. The average Bonchev–Trinajstić information content (AvgIpc) is 3.27. The van der Waals surface area contributed by atoms with E-state index in [1.807, 2.05) is 28.9 Å². The van der Waals surface area contributed by atoms with Gasteiger partial charge in [0.1, 0.15) is 5.82 Å². The zero-order valence-corrected chi connectivity index (χ0v) is 20.5. The van der Waals surface area contributed by atoms with Crippen LogP contribution in [0.2, 0.25) is 0 Å². The van der Waals surface area contributed by atoms with Crippen LogP contribution in [0.1, 0.15) is 73.5 Å². The third-order valence-corrected chi connectivity index (χ3v) is 6.01. The molecule has 0 saturated heterocycles. The third-order valence-electron chi connectivity index (χ3n) is 6.01. The van der Waals surface area contributed by atoms with Crippen LogP contribution in [-0.4, -0.2) is 45.0 Å². The number of methoxy groups -OCH3 is 2. The summed E-state index contributed by atoms with van der Waals surface area (Å²) in [6, 6.07) is 9.58. The van der Waals surface area contributed by atoms with Crippen LogP contribution in [0, 0.1) is 0 Å². The molecule has 1 N–H and O–H groups in total. The van der Waals surface area contributed by atoms with Crippen molar-refractivity contribution in [2.75, 3.05) is 14.2 Å². The lowest BCUT2D eigenvalue weighted by atomic mass is 10.00. The molecule has 8 heteroatoms. The highest BCUT2D eigenvalue weighted by molar-refractivity contribution is 5.95. The first-order valence-corrected chi connectivity index (χ1v) is 11.8. The van der Waals surface area contributed by atoms with E-state index in [0.29, 0.717) is 24.2 Å². The van der Waals surface area contributed by atoms with E-state index in [1.54, 1.807) is 26.5 Å². The first kappa shape index (κ1) is 25.5. The van der Waals surface area contributed by atoms with Crippen LogP contribution in [0.15, 0.2) is 42.7 Å². The zero-order chi connectivity index (χ0) is 24.6. The minimum Gasteiger partial charge on any atom is -0.478 e. The highest BCUT2D eigenvalue weighted by Crippen LogP contribution is 2.30. The monoisotopic (exact) mass is 466 g/mol. The fourth-order valence-electron chi connectivity index (χ4n) is 3.95. The molecular formula is C26H34N4O4. The highest BCUT2D eigenvalue weighted by Gasteiger charge is 2.37. The molecule has 2 heterocycles. The van der Waals surface area contributed by atoms with Gasteiger partial charge >= 0.3 is 5.97 Å². The number of pyridine rings is 1. The largest absolute Gasteiger partial charge is 0.478 e. The molecular weight excluding hydrogens is 432 g/mol. The Morgan fingerprint density at radius 3 is 2.38 bits per heavy atom. The molecule has 8 nitrogen and oxygen atoms in total. The number of rotatable bonds is 13. The molecule has 0 aliphatic carbocycles. The molecule has 0 bridgehead atoms. The molecule has 0 unspecified atom stereocenters. The van der Waals surface area contributed by atoms with E-state index in [4.69, 9.17) is 19.6 Å². The van der Waals surface area contributed by atoms with Crippen molar-refractivity contribution < 1.29 is 19.4 Å². The van der Waals surface area contributed by atoms with Gasteiger partial charge in [-0.05, 0) is 35.6 Å². The van der Waals surface area contributed by atoms with E-state index in [1.165, 1.54) is 6.20 Å². The number of hydrogen-bond donors (Lipinski definition) is 1. The van der Waals surface area contributed by atoms with Gasteiger partial charge in [0.05, 0.1) is 5.56 Å². The molecule has 182 valence electrons. The number of nitrogens with zero attached hydrogens (tertiary/aromatic N) is 4. The number of aromatic carboxylic acids is 1. The van der Waals surface area contributed by atoms with Gasteiger partial charge in [-0.3, -0.25) is 4.98 Å². The Hall–Kier alpha value is -3.10. The lowest BCUT2D eigenvalue weighted by Crippen LogP contribution is -2.32. The van der Waals surface area contributed by atoms with Crippen LogP contribution < -0.4 is 0 Å². The molecule has 34 heavy (non-hydrogen) atoms. The molecule has 0 aliphatic heterocycles. The number of ether oxygens (including phenoxy) is 2. The summed E-state index contributed by atoms with van der Waals surface area (Å²) in [7, 11) is 3.27. The van der Waals surface area contributed by atoms with E-state index in [2.05, 4.69) is 18.8 Å². The lowest BCUT2D eigenvalue weighted by Gasteiger charge is -2.27. The smallest absolute Gasteiger partial charge is 0.337 e. The van der Waals surface area contributed by atoms with Crippen LogP contribution in [0.3, 0.4) is 0 Å². The number of benzene rings is 1. The van der Waals surface area contributed by atoms with E-state index < -0.39 is 11.8 Å². The topological polar surface area (TPSA) is 99.4 Å². The molecule has 3 aromatic rings. The summed E-state index contributed by atoms with van der Waals surface area (Å²) in [4.78, 5) is 20.3. The van der Waals surface area contributed by atoms with Gasteiger partial charge in [0.2, 0.25) is 11.6 Å². The van der Waals surface area contributed by atoms with Gasteiger partial charge in [-0.2, -0.15) is 5.10 Å². The Bertz CT molecular complexity index is 1070. The van der Waals surface area contributed by atoms with Gasteiger partial charge in [0.25, 0.3) is 0 Å². The molecule has 2 aromatic heterocycles. The number of aryl methyl sites for hydroxylation is 1.